The molecule has 0 aliphatic carbocycles. The first-order chi connectivity index (χ1) is 8.31. The van der Waals surface area contributed by atoms with Crippen LogP contribution < -0.4 is 5.32 Å². The minimum Gasteiger partial charge on any atom is -0.478 e. The molecule has 0 fully saturated rings. The number of carboxylic acids is 1. The molecule has 100 valence electrons. The number of carboxylic acid groups (broad SMARTS) is 1. The number of aromatic nitrogens is 1. The normalized spacial score (nSPS) is 11.3. The van der Waals surface area contributed by atoms with Gasteiger partial charge in [0.15, 0.2) is 0 Å². The average molecular weight is 252 g/mol. The SMILES string of the molecule is CCCc1cc(C(=O)O)cc(NCC(C)(C)O)n1. The molecular weight excluding hydrogens is 232 g/mol. The van der Waals surface area contributed by atoms with Gasteiger partial charge in [-0.15, -0.1) is 0 Å². The molecular formula is C13H20N2O3. The molecule has 1 aromatic heterocycles. The number of pyridine rings is 1. The van der Waals surface area contributed by atoms with Crippen molar-refractivity contribution in [1.82, 2.24) is 4.98 Å². The van der Waals surface area contributed by atoms with Gasteiger partial charge < -0.3 is 15.5 Å². The number of rotatable bonds is 6. The van der Waals surface area contributed by atoms with E-state index < -0.39 is 11.6 Å². The summed E-state index contributed by atoms with van der Waals surface area (Å²) < 4.78 is 0. The highest BCUT2D eigenvalue weighted by atomic mass is 16.4. The van der Waals surface area contributed by atoms with Crippen LogP contribution in [0.5, 0.6) is 0 Å². The molecule has 5 nitrogen and oxygen atoms in total. The number of aryl methyl sites for hydroxylation is 1. The third kappa shape index (κ3) is 4.71. The lowest BCUT2D eigenvalue weighted by Crippen LogP contribution is -2.29. The molecule has 1 aromatic rings. The molecule has 0 unspecified atom stereocenters. The summed E-state index contributed by atoms with van der Waals surface area (Å²) in [4.78, 5) is 15.3. The van der Waals surface area contributed by atoms with Crippen LogP contribution in [0.25, 0.3) is 0 Å². The van der Waals surface area contributed by atoms with Crippen molar-refractivity contribution < 1.29 is 15.0 Å². The molecule has 0 bridgehead atoms. The van der Waals surface area contributed by atoms with Gasteiger partial charge >= 0.3 is 5.97 Å². The van der Waals surface area contributed by atoms with E-state index in [4.69, 9.17) is 5.11 Å². The summed E-state index contributed by atoms with van der Waals surface area (Å²) in [6.07, 6.45) is 1.64. The average Bonchev–Trinajstić information content (AvgIpc) is 2.25. The lowest BCUT2D eigenvalue weighted by Gasteiger charge is -2.18. The molecule has 0 amide bonds. The highest BCUT2D eigenvalue weighted by molar-refractivity contribution is 5.88. The van der Waals surface area contributed by atoms with E-state index in [2.05, 4.69) is 10.3 Å². The van der Waals surface area contributed by atoms with Crippen LogP contribution in [0, 0.1) is 0 Å². The maximum absolute atomic E-state index is 11.0. The van der Waals surface area contributed by atoms with Crippen LogP contribution in [0.1, 0.15) is 43.2 Å². The van der Waals surface area contributed by atoms with E-state index in [-0.39, 0.29) is 5.56 Å². The smallest absolute Gasteiger partial charge is 0.335 e. The standard InChI is InChI=1S/C13H20N2O3/c1-4-5-10-6-9(12(16)17)7-11(15-10)14-8-13(2,3)18/h6-7,18H,4-5,8H2,1-3H3,(H,14,15)(H,16,17). The van der Waals surface area contributed by atoms with Crippen molar-refractivity contribution >= 4 is 11.8 Å². The molecule has 1 rings (SSSR count). The Bertz CT molecular complexity index is 425. The monoisotopic (exact) mass is 252 g/mol. The van der Waals surface area contributed by atoms with E-state index in [1.54, 1.807) is 19.9 Å². The van der Waals surface area contributed by atoms with Gasteiger partial charge in [-0.25, -0.2) is 9.78 Å². The van der Waals surface area contributed by atoms with Gasteiger partial charge in [0.1, 0.15) is 5.82 Å². The van der Waals surface area contributed by atoms with Crippen LogP contribution in [0.4, 0.5) is 5.82 Å². The van der Waals surface area contributed by atoms with E-state index in [1.165, 1.54) is 6.07 Å². The van der Waals surface area contributed by atoms with E-state index in [0.717, 1.165) is 18.5 Å². The van der Waals surface area contributed by atoms with E-state index >= 15 is 0 Å². The molecule has 1 heterocycles. The first-order valence-corrected chi connectivity index (χ1v) is 6.02. The maximum atomic E-state index is 11.0. The summed E-state index contributed by atoms with van der Waals surface area (Å²) in [6.45, 7) is 5.68. The van der Waals surface area contributed by atoms with Crippen LogP contribution >= 0.6 is 0 Å². The zero-order valence-electron chi connectivity index (χ0n) is 11.0. The predicted octanol–water partition coefficient (Wildman–Crippen LogP) is 1.92. The van der Waals surface area contributed by atoms with Gasteiger partial charge in [0, 0.05) is 12.2 Å². The van der Waals surface area contributed by atoms with Crippen molar-refractivity contribution in [2.24, 2.45) is 0 Å². The topological polar surface area (TPSA) is 82.5 Å². The Morgan fingerprint density at radius 1 is 1.44 bits per heavy atom. The second-order valence-corrected chi connectivity index (χ2v) is 4.95. The van der Waals surface area contributed by atoms with Gasteiger partial charge in [-0.2, -0.15) is 0 Å². The van der Waals surface area contributed by atoms with Gasteiger partial charge in [0.25, 0.3) is 0 Å². The van der Waals surface area contributed by atoms with Crippen molar-refractivity contribution in [2.75, 3.05) is 11.9 Å². The fraction of sp³-hybridized carbons (Fsp3) is 0.538. The second-order valence-electron chi connectivity index (χ2n) is 4.95. The van der Waals surface area contributed by atoms with Crippen molar-refractivity contribution in [3.63, 3.8) is 0 Å². The van der Waals surface area contributed by atoms with Gasteiger partial charge in [-0.05, 0) is 32.4 Å². The Morgan fingerprint density at radius 3 is 2.61 bits per heavy atom. The number of hydrogen-bond donors (Lipinski definition) is 3. The second kappa shape index (κ2) is 5.82. The first kappa shape index (κ1) is 14.4. The van der Waals surface area contributed by atoms with Gasteiger partial charge in [0.2, 0.25) is 0 Å². The highest BCUT2D eigenvalue weighted by Gasteiger charge is 2.13. The zero-order valence-corrected chi connectivity index (χ0v) is 11.0. The molecule has 5 heteroatoms. The number of nitrogens with zero attached hydrogens (tertiary/aromatic N) is 1. The van der Waals surface area contributed by atoms with Crippen molar-refractivity contribution in [1.29, 1.82) is 0 Å². The third-order valence-corrected chi connectivity index (χ3v) is 2.33. The Balaban J connectivity index is 2.92. The molecule has 3 N–H and O–H groups in total. The first-order valence-electron chi connectivity index (χ1n) is 6.02. The third-order valence-electron chi connectivity index (χ3n) is 2.33. The van der Waals surface area contributed by atoms with Crippen LogP contribution in [-0.2, 0) is 6.42 Å². The minimum absolute atomic E-state index is 0.215. The predicted molar refractivity (Wildman–Crippen MR) is 70.0 cm³/mol. The number of aromatic carboxylic acids is 1. The van der Waals surface area contributed by atoms with E-state index in [1.807, 2.05) is 6.92 Å². The summed E-state index contributed by atoms with van der Waals surface area (Å²) >= 11 is 0. The Kier molecular flexibility index (Phi) is 4.67. The summed E-state index contributed by atoms with van der Waals surface area (Å²) in [6, 6.07) is 3.06. The fourth-order valence-corrected chi connectivity index (χ4v) is 1.49. The molecule has 0 aliphatic heterocycles. The molecule has 0 saturated carbocycles. The number of anilines is 1. The molecule has 0 radical (unpaired) electrons. The van der Waals surface area contributed by atoms with Crippen LogP contribution in [0.3, 0.4) is 0 Å². The molecule has 0 spiro atoms. The van der Waals surface area contributed by atoms with E-state index in [9.17, 15) is 9.90 Å². The zero-order chi connectivity index (χ0) is 13.8. The molecule has 0 atom stereocenters. The van der Waals surface area contributed by atoms with Crippen molar-refractivity contribution in [2.45, 2.75) is 39.2 Å². The van der Waals surface area contributed by atoms with Gasteiger partial charge in [0.05, 0.1) is 11.2 Å². The van der Waals surface area contributed by atoms with Crippen LogP contribution in [-0.4, -0.2) is 33.3 Å². The molecule has 0 aromatic carbocycles. The Labute approximate surface area is 107 Å². The van der Waals surface area contributed by atoms with Crippen molar-refractivity contribution in [3.05, 3.63) is 23.4 Å². The van der Waals surface area contributed by atoms with Gasteiger partial charge in [-0.3, -0.25) is 0 Å². The lowest BCUT2D eigenvalue weighted by atomic mass is 10.1. The number of hydrogen-bond acceptors (Lipinski definition) is 4. The van der Waals surface area contributed by atoms with Crippen LogP contribution in [0.2, 0.25) is 0 Å². The lowest BCUT2D eigenvalue weighted by molar-refractivity contribution is 0.0696. The minimum atomic E-state index is -0.971. The summed E-state index contributed by atoms with van der Waals surface area (Å²) in [5, 5.41) is 21.6. The highest BCUT2D eigenvalue weighted by Crippen LogP contribution is 2.13. The molecule has 0 saturated heterocycles. The Morgan fingerprint density at radius 2 is 2.11 bits per heavy atom. The summed E-state index contributed by atoms with van der Waals surface area (Å²) in [5.41, 5.74) is 0.0913. The number of carbonyl (C=O) groups is 1. The molecule has 18 heavy (non-hydrogen) atoms. The molecule has 0 aliphatic rings. The summed E-state index contributed by atoms with van der Waals surface area (Å²) in [5.74, 6) is -0.485. The van der Waals surface area contributed by atoms with Gasteiger partial charge in [-0.1, -0.05) is 13.3 Å². The van der Waals surface area contributed by atoms with E-state index in [0.29, 0.717) is 12.4 Å². The van der Waals surface area contributed by atoms with Crippen molar-refractivity contribution in [3.8, 4) is 0 Å². The number of aliphatic hydroxyl groups is 1. The number of nitrogens with one attached hydrogen (secondary N) is 1. The summed E-state index contributed by atoms with van der Waals surface area (Å²) in [7, 11) is 0. The maximum Gasteiger partial charge on any atom is 0.335 e. The Hall–Kier alpha value is -1.62. The largest absolute Gasteiger partial charge is 0.478 e. The quantitative estimate of drug-likeness (QED) is 0.720. The van der Waals surface area contributed by atoms with Crippen LogP contribution in [0.15, 0.2) is 12.1 Å². The fourth-order valence-electron chi connectivity index (χ4n) is 1.49.